The van der Waals surface area contributed by atoms with E-state index < -0.39 is 0 Å². The summed E-state index contributed by atoms with van der Waals surface area (Å²) >= 11 is 9.06. The van der Waals surface area contributed by atoms with Crippen LogP contribution in [0.4, 0.5) is 5.95 Å². The topological polar surface area (TPSA) is 61.0 Å². The number of nitrogens with zero attached hydrogens (tertiary/aromatic N) is 2. The van der Waals surface area contributed by atoms with Gasteiger partial charge in [0.25, 0.3) is 0 Å². The highest BCUT2D eigenvalue weighted by molar-refractivity contribution is 9.10. The Morgan fingerprint density at radius 1 is 1.56 bits per heavy atom. The predicted octanol–water partition coefficient (Wildman–Crippen LogP) is 2.61. The third kappa shape index (κ3) is 2.58. The number of anilines is 1. The van der Waals surface area contributed by atoms with Crippen molar-refractivity contribution in [2.24, 2.45) is 5.92 Å². The molecule has 0 radical (unpaired) electrons. The number of hydrogen-bond acceptors (Lipinski definition) is 4. The molecule has 2 rings (SSSR count). The maximum Gasteiger partial charge on any atom is 0.233 e. The van der Waals surface area contributed by atoms with E-state index >= 15 is 0 Å². The molecule has 0 aliphatic heterocycles. The van der Waals surface area contributed by atoms with Gasteiger partial charge in [0.15, 0.2) is 0 Å². The number of nitrogen functional groups attached to an aromatic ring is 1. The molecule has 1 aromatic rings. The van der Waals surface area contributed by atoms with E-state index in [9.17, 15) is 0 Å². The zero-order valence-electron chi connectivity index (χ0n) is 8.70. The molecular formula is C10H13BrClN3O. The molecule has 6 heteroatoms. The smallest absolute Gasteiger partial charge is 0.233 e. The first kappa shape index (κ1) is 11.9. The molecule has 2 atom stereocenters. The fourth-order valence-corrected chi connectivity index (χ4v) is 2.32. The minimum absolute atomic E-state index is 0.212. The lowest BCUT2D eigenvalue weighted by atomic mass is 9.80. The van der Waals surface area contributed by atoms with Crippen molar-refractivity contribution >= 4 is 33.5 Å². The van der Waals surface area contributed by atoms with Gasteiger partial charge in [0.05, 0.1) is 10.7 Å². The molecule has 0 amide bonds. The van der Waals surface area contributed by atoms with E-state index in [0.29, 0.717) is 17.7 Å². The van der Waals surface area contributed by atoms with Crippen LogP contribution in [0, 0.1) is 5.92 Å². The summed E-state index contributed by atoms with van der Waals surface area (Å²) in [6.07, 6.45) is 5.04. The van der Waals surface area contributed by atoms with Crippen molar-refractivity contribution in [1.82, 2.24) is 9.97 Å². The van der Waals surface area contributed by atoms with Crippen LogP contribution < -0.4 is 10.5 Å². The maximum absolute atomic E-state index is 5.79. The van der Waals surface area contributed by atoms with Gasteiger partial charge < -0.3 is 10.5 Å². The Kier molecular flexibility index (Phi) is 3.86. The summed E-state index contributed by atoms with van der Waals surface area (Å²) in [4.78, 5) is 7.92. The molecule has 0 aromatic carbocycles. The lowest BCUT2D eigenvalue weighted by Crippen LogP contribution is -2.37. The van der Waals surface area contributed by atoms with Crippen molar-refractivity contribution < 1.29 is 4.74 Å². The number of halogens is 2. The van der Waals surface area contributed by atoms with Gasteiger partial charge in [-0.2, -0.15) is 4.98 Å². The van der Waals surface area contributed by atoms with Crippen LogP contribution in [0.1, 0.15) is 19.3 Å². The summed E-state index contributed by atoms with van der Waals surface area (Å²) in [5.41, 5.74) is 5.51. The molecule has 2 N–H and O–H groups in total. The van der Waals surface area contributed by atoms with E-state index in [1.807, 2.05) is 0 Å². The van der Waals surface area contributed by atoms with Crippen LogP contribution >= 0.6 is 27.5 Å². The maximum atomic E-state index is 5.79. The first-order valence-electron chi connectivity index (χ1n) is 5.21. The summed E-state index contributed by atoms with van der Waals surface area (Å²) in [5.74, 6) is 1.97. The second-order valence-electron chi connectivity index (χ2n) is 3.85. The molecule has 1 saturated carbocycles. The number of aromatic nitrogens is 2. The van der Waals surface area contributed by atoms with E-state index in [0.717, 1.165) is 17.3 Å². The Hall–Kier alpha value is -0.550. The predicted molar refractivity (Wildman–Crippen MR) is 66.6 cm³/mol. The highest BCUT2D eigenvalue weighted by Gasteiger charge is 2.32. The lowest BCUT2D eigenvalue weighted by molar-refractivity contribution is 0.0404. The summed E-state index contributed by atoms with van der Waals surface area (Å²) in [7, 11) is 0. The zero-order chi connectivity index (χ0) is 11.5. The van der Waals surface area contributed by atoms with Gasteiger partial charge in [-0.3, -0.25) is 0 Å². The molecule has 1 aromatic heterocycles. The molecule has 2 unspecified atom stereocenters. The van der Waals surface area contributed by atoms with Gasteiger partial charge in [0.2, 0.25) is 11.8 Å². The van der Waals surface area contributed by atoms with Crippen LogP contribution in [0.2, 0.25) is 0 Å². The van der Waals surface area contributed by atoms with Gasteiger partial charge in [-0.05, 0) is 41.1 Å². The zero-order valence-corrected chi connectivity index (χ0v) is 11.0. The molecule has 1 heterocycles. The fraction of sp³-hybridized carbons (Fsp3) is 0.600. The SMILES string of the molecule is Nc1ncc(Br)c(OC2CCC2CCCl)n1. The van der Waals surface area contributed by atoms with Crippen molar-refractivity contribution in [1.29, 1.82) is 0 Å². The summed E-state index contributed by atoms with van der Waals surface area (Å²) in [6, 6.07) is 0. The first-order chi connectivity index (χ1) is 7.70. The highest BCUT2D eigenvalue weighted by atomic mass is 79.9. The van der Waals surface area contributed by atoms with E-state index in [2.05, 4.69) is 25.9 Å². The van der Waals surface area contributed by atoms with Crippen molar-refractivity contribution in [2.75, 3.05) is 11.6 Å². The lowest BCUT2D eigenvalue weighted by Gasteiger charge is -2.36. The number of alkyl halides is 1. The van der Waals surface area contributed by atoms with Crippen molar-refractivity contribution in [2.45, 2.75) is 25.4 Å². The summed E-state index contributed by atoms with van der Waals surface area (Å²) < 4.78 is 6.52. The van der Waals surface area contributed by atoms with Crippen LogP contribution in [0.25, 0.3) is 0 Å². The number of hydrogen-bond donors (Lipinski definition) is 1. The molecule has 88 valence electrons. The van der Waals surface area contributed by atoms with Crippen LogP contribution in [-0.4, -0.2) is 22.0 Å². The first-order valence-corrected chi connectivity index (χ1v) is 6.54. The average molecular weight is 307 g/mol. The molecule has 1 aliphatic carbocycles. The van der Waals surface area contributed by atoms with Crippen molar-refractivity contribution in [3.05, 3.63) is 10.7 Å². The normalized spacial score (nSPS) is 23.9. The third-order valence-electron chi connectivity index (χ3n) is 2.82. The van der Waals surface area contributed by atoms with Gasteiger partial charge >= 0.3 is 0 Å². The monoisotopic (exact) mass is 305 g/mol. The second-order valence-corrected chi connectivity index (χ2v) is 5.08. The van der Waals surface area contributed by atoms with Gasteiger partial charge in [-0.15, -0.1) is 11.6 Å². The number of nitrogens with two attached hydrogens (primary N) is 1. The molecule has 0 saturated heterocycles. The highest BCUT2D eigenvalue weighted by Crippen LogP contribution is 2.35. The van der Waals surface area contributed by atoms with Crippen LogP contribution in [0.5, 0.6) is 5.88 Å². The average Bonchev–Trinajstić information content (AvgIpc) is 2.25. The quantitative estimate of drug-likeness (QED) is 0.869. The van der Waals surface area contributed by atoms with Gasteiger partial charge in [-0.25, -0.2) is 4.98 Å². The van der Waals surface area contributed by atoms with E-state index in [1.165, 1.54) is 6.42 Å². The minimum Gasteiger partial charge on any atom is -0.473 e. The Morgan fingerprint density at radius 2 is 2.38 bits per heavy atom. The number of ether oxygens (including phenoxy) is 1. The Bertz CT molecular complexity index is 377. The Labute approximate surface area is 108 Å². The Balaban J connectivity index is 2.01. The Morgan fingerprint density at radius 3 is 3.00 bits per heavy atom. The fourth-order valence-electron chi connectivity index (χ4n) is 1.75. The molecule has 0 spiro atoms. The molecule has 16 heavy (non-hydrogen) atoms. The van der Waals surface area contributed by atoms with Crippen molar-refractivity contribution in [3.8, 4) is 5.88 Å². The standard InChI is InChI=1S/C10H13BrClN3O/c11-7-5-14-10(13)15-9(7)16-8-2-1-6(8)3-4-12/h5-6,8H,1-4H2,(H2,13,14,15). The minimum atomic E-state index is 0.212. The molecule has 1 fully saturated rings. The molecule has 4 nitrogen and oxygen atoms in total. The van der Waals surface area contributed by atoms with E-state index in [-0.39, 0.29) is 12.1 Å². The van der Waals surface area contributed by atoms with E-state index in [4.69, 9.17) is 22.1 Å². The molecular weight excluding hydrogens is 293 g/mol. The second kappa shape index (κ2) is 5.19. The van der Waals surface area contributed by atoms with Gasteiger partial charge in [0.1, 0.15) is 6.10 Å². The summed E-state index contributed by atoms with van der Waals surface area (Å²) in [6.45, 7) is 0. The van der Waals surface area contributed by atoms with Crippen LogP contribution in [0.15, 0.2) is 10.7 Å². The van der Waals surface area contributed by atoms with E-state index in [1.54, 1.807) is 6.20 Å². The third-order valence-corrected chi connectivity index (χ3v) is 3.58. The van der Waals surface area contributed by atoms with Gasteiger partial charge in [0, 0.05) is 5.88 Å². The molecule has 0 bridgehead atoms. The van der Waals surface area contributed by atoms with Gasteiger partial charge in [-0.1, -0.05) is 0 Å². The largest absolute Gasteiger partial charge is 0.473 e. The van der Waals surface area contributed by atoms with Crippen molar-refractivity contribution in [3.63, 3.8) is 0 Å². The van der Waals surface area contributed by atoms with Crippen LogP contribution in [-0.2, 0) is 0 Å². The number of rotatable bonds is 4. The van der Waals surface area contributed by atoms with Crippen LogP contribution in [0.3, 0.4) is 0 Å². The summed E-state index contributed by atoms with van der Waals surface area (Å²) in [5, 5.41) is 0. The molecule has 1 aliphatic rings.